The number of rotatable bonds is 7. The Hall–Kier alpha value is -4.08. The number of aliphatic carboxylic acids is 1. The molecule has 0 radical (unpaired) electrons. The summed E-state index contributed by atoms with van der Waals surface area (Å²) in [7, 11) is 0. The second kappa shape index (κ2) is 12.8. The summed E-state index contributed by atoms with van der Waals surface area (Å²) in [6.45, 7) is 4.76. The Bertz CT molecular complexity index is 1200. The standard InChI is InChI=1S/C16H14O5.C12H16N2O2/c17-16(18)15-10-20-13-7-6-12(8-14(13)21-15)19-9-11-4-2-1-3-5-11;13-12(15)11-3-1-2-10(8-11)9-14-4-6-16-7-5-14/h1-8,15H,9-10H2,(H,17,18);1-3,8H,4-7,9H2,(H2,13,15). The Balaban J connectivity index is 0.000000180. The van der Waals surface area contributed by atoms with Crippen molar-refractivity contribution < 1.29 is 33.6 Å². The zero-order valence-corrected chi connectivity index (χ0v) is 20.4. The molecule has 3 aromatic carbocycles. The molecule has 2 aliphatic rings. The molecule has 1 fully saturated rings. The molecular formula is C28H30N2O7. The van der Waals surface area contributed by atoms with E-state index in [1.807, 2.05) is 48.5 Å². The van der Waals surface area contributed by atoms with Crippen LogP contribution in [0.5, 0.6) is 17.2 Å². The van der Waals surface area contributed by atoms with Gasteiger partial charge in [-0.15, -0.1) is 0 Å². The van der Waals surface area contributed by atoms with Gasteiger partial charge in [0.2, 0.25) is 12.0 Å². The molecule has 0 bridgehead atoms. The predicted molar refractivity (Wildman–Crippen MR) is 136 cm³/mol. The van der Waals surface area contributed by atoms with Crippen molar-refractivity contribution in [2.75, 3.05) is 32.9 Å². The molecule has 5 rings (SSSR count). The topological polar surface area (TPSA) is 121 Å². The van der Waals surface area contributed by atoms with Gasteiger partial charge in [0.25, 0.3) is 0 Å². The molecule has 0 spiro atoms. The molecule has 1 unspecified atom stereocenters. The van der Waals surface area contributed by atoms with Crippen LogP contribution in [0.3, 0.4) is 0 Å². The number of primary amides is 1. The molecule has 9 nitrogen and oxygen atoms in total. The third kappa shape index (κ3) is 7.70. The first-order valence-corrected chi connectivity index (χ1v) is 12.0. The lowest BCUT2D eigenvalue weighted by Gasteiger charge is -2.26. The van der Waals surface area contributed by atoms with Gasteiger partial charge in [-0.25, -0.2) is 4.79 Å². The van der Waals surface area contributed by atoms with Crippen molar-refractivity contribution in [3.63, 3.8) is 0 Å². The van der Waals surface area contributed by atoms with Crippen molar-refractivity contribution in [1.82, 2.24) is 4.90 Å². The van der Waals surface area contributed by atoms with E-state index in [0.29, 0.717) is 29.4 Å². The lowest BCUT2D eigenvalue weighted by atomic mass is 10.1. The van der Waals surface area contributed by atoms with Crippen molar-refractivity contribution in [3.05, 3.63) is 89.5 Å². The summed E-state index contributed by atoms with van der Waals surface area (Å²) < 4.78 is 21.7. The van der Waals surface area contributed by atoms with Crippen LogP contribution in [0.15, 0.2) is 72.8 Å². The summed E-state index contributed by atoms with van der Waals surface area (Å²) in [4.78, 5) is 24.3. The second-order valence-corrected chi connectivity index (χ2v) is 8.59. The number of nitrogens with two attached hydrogens (primary N) is 1. The van der Waals surface area contributed by atoms with Crippen molar-refractivity contribution >= 4 is 11.9 Å². The van der Waals surface area contributed by atoms with Crippen LogP contribution < -0.4 is 19.9 Å². The van der Waals surface area contributed by atoms with Gasteiger partial charge in [-0.2, -0.15) is 0 Å². The molecule has 2 heterocycles. The average Bonchev–Trinajstić information content (AvgIpc) is 2.93. The van der Waals surface area contributed by atoms with Crippen LogP contribution in [-0.4, -0.2) is 60.9 Å². The van der Waals surface area contributed by atoms with Crippen LogP contribution >= 0.6 is 0 Å². The highest BCUT2D eigenvalue weighted by atomic mass is 16.6. The zero-order chi connectivity index (χ0) is 26.0. The van der Waals surface area contributed by atoms with Gasteiger partial charge in [0.05, 0.1) is 13.2 Å². The van der Waals surface area contributed by atoms with Gasteiger partial charge < -0.3 is 29.8 Å². The van der Waals surface area contributed by atoms with Gasteiger partial charge in [0.1, 0.15) is 19.0 Å². The number of amides is 1. The highest BCUT2D eigenvalue weighted by Crippen LogP contribution is 2.35. The summed E-state index contributed by atoms with van der Waals surface area (Å²) in [6, 6.07) is 22.4. The van der Waals surface area contributed by atoms with Crippen LogP contribution in [0.25, 0.3) is 0 Å². The highest BCUT2D eigenvalue weighted by molar-refractivity contribution is 5.92. The fourth-order valence-corrected chi connectivity index (χ4v) is 3.85. The van der Waals surface area contributed by atoms with Crippen LogP contribution in [-0.2, 0) is 22.7 Å². The summed E-state index contributed by atoms with van der Waals surface area (Å²) in [6.07, 6.45) is -0.984. The molecule has 0 saturated carbocycles. The lowest BCUT2D eigenvalue weighted by molar-refractivity contribution is -0.147. The number of benzene rings is 3. The molecule has 9 heteroatoms. The first kappa shape index (κ1) is 26.0. The maximum atomic E-state index is 11.0. The molecule has 1 amide bonds. The summed E-state index contributed by atoms with van der Waals surface area (Å²) in [5.74, 6) is 0.103. The van der Waals surface area contributed by atoms with Gasteiger partial charge in [0, 0.05) is 31.3 Å². The molecule has 3 aromatic rings. The van der Waals surface area contributed by atoms with E-state index in [0.717, 1.165) is 44.0 Å². The minimum atomic E-state index is -1.05. The summed E-state index contributed by atoms with van der Waals surface area (Å²) in [5.41, 5.74) is 7.99. The number of hydrogen-bond donors (Lipinski definition) is 2. The highest BCUT2D eigenvalue weighted by Gasteiger charge is 2.27. The quantitative estimate of drug-likeness (QED) is 0.502. The van der Waals surface area contributed by atoms with Gasteiger partial charge >= 0.3 is 5.97 Å². The molecule has 1 saturated heterocycles. The maximum absolute atomic E-state index is 11.0. The Labute approximate surface area is 215 Å². The zero-order valence-electron chi connectivity index (χ0n) is 20.4. The van der Waals surface area contributed by atoms with Gasteiger partial charge in [0.15, 0.2) is 11.5 Å². The van der Waals surface area contributed by atoms with E-state index >= 15 is 0 Å². The average molecular weight is 507 g/mol. The number of hydrogen-bond acceptors (Lipinski definition) is 7. The van der Waals surface area contributed by atoms with E-state index in [9.17, 15) is 9.59 Å². The van der Waals surface area contributed by atoms with E-state index in [2.05, 4.69) is 4.90 Å². The predicted octanol–water partition coefficient (Wildman–Crippen LogP) is 3.11. The molecule has 1 atom stereocenters. The number of morpholine rings is 1. The van der Waals surface area contributed by atoms with Crippen LogP contribution in [0.4, 0.5) is 0 Å². The van der Waals surface area contributed by atoms with E-state index < -0.39 is 12.1 Å². The van der Waals surface area contributed by atoms with E-state index in [-0.39, 0.29) is 12.5 Å². The van der Waals surface area contributed by atoms with Crippen molar-refractivity contribution in [2.45, 2.75) is 19.3 Å². The second-order valence-electron chi connectivity index (χ2n) is 8.59. The Morgan fingerprint density at radius 3 is 2.43 bits per heavy atom. The van der Waals surface area contributed by atoms with Crippen molar-refractivity contribution in [3.8, 4) is 17.2 Å². The van der Waals surface area contributed by atoms with Gasteiger partial charge in [-0.3, -0.25) is 9.69 Å². The third-order valence-electron chi connectivity index (χ3n) is 5.82. The number of carboxylic acid groups (broad SMARTS) is 1. The number of carbonyl (C=O) groups excluding carboxylic acids is 1. The molecule has 37 heavy (non-hydrogen) atoms. The molecule has 0 aliphatic carbocycles. The smallest absolute Gasteiger partial charge is 0.348 e. The van der Waals surface area contributed by atoms with Crippen molar-refractivity contribution in [2.24, 2.45) is 5.73 Å². The van der Waals surface area contributed by atoms with Crippen LogP contribution in [0, 0.1) is 0 Å². The van der Waals surface area contributed by atoms with E-state index in [1.165, 1.54) is 0 Å². The maximum Gasteiger partial charge on any atom is 0.348 e. The van der Waals surface area contributed by atoms with Gasteiger partial charge in [-0.1, -0.05) is 42.5 Å². The summed E-state index contributed by atoms with van der Waals surface area (Å²) >= 11 is 0. The third-order valence-corrected chi connectivity index (χ3v) is 5.82. The normalized spacial score (nSPS) is 16.7. The molecule has 0 aromatic heterocycles. The van der Waals surface area contributed by atoms with Crippen LogP contribution in [0.2, 0.25) is 0 Å². The minimum absolute atomic E-state index is 0.00650. The Kier molecular flexibility index (Phi) is 8.96. The molecule has 3 N–H and O–H groups in total. The number of fused-ring (bicyclic) bond motifs is 1. The monoisotopic (exact) mass is 506 g/mol. The fraction of sp³-hybridized carbons (Fsp3) is 0.286. The molecule has 2 aliphatic heterocycles. The first-order valence-electron chi connectivity index (χ1n) is 12.0. The number of carboxylic acids is 1. The minimum Gasteiger partial charge on any atom is -0.489 e. The number of nitrogens with zero attached hydrogens (tertiary/aromatic N) is 1. The largest absolute Gasteiger partial charge is 0.489 e. The van der Waals surface area contributed by atoms with E-state index in [1.54, 1.807) is 24.3 Å². The number of carbonyl (C=O) groups is 2. The van der Waals surface area contributed by atoms with Crippen LogP contribution in [0.1, 0.15) is 21.5 Å². The number of ether oxygens (including phenoxy) is 4. The Morgan fingerprint density at radius 2 is 1.70 bits per heavy atom. The fourth-order valence-electron chi connectivity index (χ4n) is 3.85. The lowest BCUT2D eigenvalue weighted by Crippen LogP contribution is -2.36. The van der Waals surface area contributed by atoms with E-state index in [4.69, 9.17) is 29.8 Å². The molecule has 194 valence electrons. The first-order chi connectivity index (χ1) is 18.0. The SMILES string of the molecule is NC(=O)c1cccc(CN2CCOCC2)c1.O=C(O)C1COc2ccc(OCc3ccccc3)cc2O1. The van der Waals surface area contributed by atoms with Crippen molar-refractivity contribution in [1.29, 1.82) is 0 Å². The molecular weight excluding hydrogens is 476 g/mol. The Morgan fingerprint density at radius 1 is 0.946 bits per heavy atom. The van der Waals surface area contributed by atoms with Gasteiger partial charge in [-0.05, 0) is 35.4 Å². The summed E-state index contributed by atoms with van der Waals surface area (Å²) in [5, 5.41) is 8.95.